The van der Waals surface area contributed by atoms with E-state index in [1.807, 2.05) is 0 Å². The molecule has 1 heterocycles. The number of carbonyl (C=O) groups excluding carboxylic acids is 1. The van der Waals surface area contributed by atoms with Crippen LogP contribution in [-0.4, -0.2) is 28.8 Å². The van der Waals surface area contributed by atoms with E-state index in [0.29, 0.717) is 12.1 Å². The highest BCUT2D eigenvalue weighted by Crippen LogP contribution is 2.29. The molecule has 1 saturated heterocycles. The third-order valence-corrected chi connectivity index (χ3v) is 2.47. The van der Waals surface area contributed by atoms with Gasteiger partial charge in [0.05, 0.1) is 0 Å². The average molecular weight is 261 g/mol. The maximum Gasteiger partial charge on any atom is 0.420 e. The number of imide groups is 1. The summed E-state index contributed by atoms with van der Waals surface area (Å²) in [6, 6.07) is 0.0571. The molecule has 2 amide bonds. The summed E-state index contributed by atoms with van der Waals surface area (Å²) in [6.07, 6.45) is -2.76. The molecule has 0 aromatic heterocycles. The van der Waals surface area contributed by atoms with Crippen molar-refractivity contribution in [2.24, 2.45) is 0 Å². The Morgan fingerprint density at radius 3 is 2.39 bits per heavy atom. The van der Waals surface area contributed by atoms with Crippen molar-refractivity contribution >= 4 is 12.2 Å². The number of amides is 2. The molecule has 0 radical (unpaired) electrons. The number of cyclic esters (lactones) is 1. The van der Waals surface area contributed by atoms with Gasteiger partial charge in [0.1, 0.15) is 12.6 Å². The maximum atomic E-state index is 13.0. The second-order valence-corrected chi connectivity index (χ2v) is 3.54. The Morgan fingerprint density at radius 2 is 1.89 bits per heavy atom. The zero-order valence-corrected chi connectivity index (χ0v) is 8.69. The van der Waals surface area contributed by atoms with E-state index in [0.717, 1.165) is 0 Å². The van der Waals surface area contributed by atoms with Gasteiger partial charge < -0.3 is 9.84 Å². The number of hydrogen-bond acceptors (Lipinski definition) is 3. The lowest BCUT2D eigenvalue weighted by molar-refractivity contribution is 0.135. The summed E-state index contributed by atoms with van der Waals surface area (Å²) >= 11 is 0. The van der Waals surface area contributed by atoms with Gasteiger partial charge in [0.2, 0.25) is 0 Å². The number of carboxylic acid groups (broad SMARTS) is 1. The van der Waals surface area contributed by atoms with Gasteiger partial charge in [0.15, 0.2) is 17.5 Å². The van der Waals surface area contributed by atoms with Gasteiger partial charge in [-0.3, -0.25) is 0 Å². The Morgan fingerprint density at radius 1 is 1.33 bits per heavy atom. The van der Waals surface area contributed by atoms with E-state index in [1.54, 1.807) is 0 Å². The van der Waals surface area contributed by atoms with E-state index < -0.39 is 35.7 Å². The van der Waals surface area contributed by atoms with E-state index in [4.69, 9.17) is 5.11 Å². The average Bonchev–Trinajstić information content (AvgIpc) is 2.67. The lowest BCUT2D eigenvalue weighted by Crippen LogP contribution is -2.32. The van der Waals surface area contributed by atoms with Crippen molar-refractivity contribution in [1.29, 1.82) is 0 Å². The van der Waals surface area contributed by atoms with E-state index in [2.05, 4.69) is 4.74 Å². The van der Waals surface area contributed by atoms with Crippen molar-refractivity contribution in [1.82, 2.24) is 4.90 Å². The lowest BCUT2D eigenvalue weighted by atomic mass is 10.1. The summed E-state index contributed by atoms with van der Waals surface area (Å²) in [7, 11) is 0. The molecule has 18 heavy (non-hydrogen) atoms. The molecule has 5 nitrogen and oxygen atoms in total. The molecule has 1 fully saturated rings. The van der Waals surface area contributed by atoms with E-state index in [1.165, 1.54) is 0 Å². The van der Waals surface area contributed by atoms with Crippen LogP contribution in [0, 0.1) is 17.5 Å². The first-order valence-electron chi connectivity index (χ1n) is 4.75. The van der Waals surface area contributed by atoms with Crippen LogP contribution in [0.2, 0.25) is 0 Å². The van der Waals surface area contributed by atoms with E-state index in [-0.39, 0.29) is 17.1 Å². The minimum absolute atomic E-state index is 0.195. The number of nitrogens with zero attached hydrogens (tertiary/aromatic N) is 1. The molecular formula is C10H6F3NO4. The molecule has 96 valence electrons. The fourth-order valence-electron chi connectivity index (χ4n) is 1.65. The standard InChI is InChI=1S/C10H6F3NO4/c11-5-1-4(2-6(12)8(5)13)7-3-18-10(17)14(7)9(15)16/h1-2,7H,3H2,(H,15,16)/t7-/m1/s1. The Labute approximate surface area is 98.4 Å². The van der Waals surface area contributed by atoms with Gasteiger partial charge >= 0.3 is 12.2 Å². The number of rotatable bonds is 1. The summed E-state index contributed by atoms with van der Waals surface area (Å²) < 4.78 is 43.2. The van der Waals surface area contributed by atoms with Gasteiger partial charge in [0, 0.05) is 0 Å². The van der Waals surface area contributed by atoms with Gasteiger partial charge in [0.25, 0.3) is 0 Å². The van der Waals surface area contributed by atoms with Crippen molar-refractivity contribution in [2.75, 3.05) is 6.61 Å². The number of carbonyl (C=O) groups is 2. The first kappa shape index (κ1) is 12.2. The summed E-state index contributed by atoms with van der Waals surface area (Å²) in [5.74, 6) is -4.59. The summed E-state index contributed by atoms with van der Waals surface area (Å²) in [4.78, 5) is 22.2. The molecule has 0 spiro atoms. The number of hydrogen-bond donors (Lipinski definition) is 1. The highest BCUT2D eigenvalue weighted by molar-refractivity contribution is 5.88. The monoisotopic (exact) mass is 261 g/mol. The molecule has 8 heteroatoms. The molecule has 1 aliphatic rings. The molecule has 1 N–H and O–H groups in total. The number of ether oxygens (including phenoxy) is 1. The zero-order valence-electron chi connectivity index (χ0n) is 8.69. The number of halogens is 3. The Balaban J connectivity index is 2.43. The third-order valence-electron chi connectivity index (χ3n) is 2.47. The zero-order chi connectivity index (χ0) is 13.4. The van der Waals surface area contributed by atoms with Crippen LogP contribution in [0.4, 0.5) is 22.8 Å². The van der Waals surface area contributed by atoms with E-state index >= 15 is 0 Å². The van der Waals surface area contributed by atoms with Crippen LogP contribution in [-0.2, 0) is 4.74 Å². The normalized spacial score (nSPS) is 18.9. The second-order valence-electron chi connectivity index (χ2n) is 3.54. The smallest absolute Gasteiger partial charge is 0.420 e. The summed E-state index contributed by atoms with van der Waals surface area (Å²) in [6.45, 7) is -0.379. The van der Waals surface area contributed by atoms with Crippen molar-refractivity contribution in [3.05, 3.63) is 35.1 Å². The molecule has 0 aliphatic carbocycles. The van der Waals surface area contributed by atoms with Crippen molar-refractivity contribution in [2.45, 2.75) is 6.04 Å². The van der Waals surface area contributed by atoms with Gasteiger partial charge in [-0.1, -0.05) is 0 Å². The number of benzene rings is 1. The largest absolute Gasteiger partial charge is 0.465 e. The fourth-order valence-corrected chi connectivity index (χ4v) is 1.65. The molecule has 1 aromatic carbocycles. The maximum absolute atomic E-state index is 13.0. The van der Waals surface area contributed by atoms with Gasteiger partial charge in [-0.05, 0) is 17.7 Å². The van der Waals surface area contributed by atoms with Crippen molar-refractivity contribution in [3.8, 4) is 0 Å². The topological polar surface area (TPSA) is 66.8 Å². The van der Waals surface area contributed by atoms with Crippen molar-refractivity contribution in [3.63, 3.8) is 0 Å². The van der Waals surface area contributed by atoms with Crippen LogP contribution in [0.15, 0.2) is 12.1 Å². The lowest BCUT2D eigenvalue weighted by Gasteiger charge is -2.16. The molecule has 0 unspecified atom stereocenters. The van der Waals surface area contributed by atoms with Crippen LogP contribution < -0.4 is 0 Å². The molecule has 0 bridgehead atoms. The Bertz CT molecular complexity index is 511. The minimum Gasteiger partial charge on any atom is -0.465 e. The van der Waals surface area contributed by atoms with Crippen molar-refractivity contribution < 1.29 is 32.6 Å². The molecule has 1 aliphatic heterocycles. The van der Waals surface area contributed by atoms with Crippen LogP contribution in [0.5, 0.6) is 0 Å². The molecular weight excluding hydrogens is 255 g/mol. The quantitative estimate of drug-likeness (QED) is 0.787. The molecule has 0 saturated carbocycles. The fraction of sp³-hybridized carbons (Fsp3) is 0.200. The van der Waals surface area contributed by atoms with E-state index in [9.17, 15) is 22.8 Å². The molecule has 1 atom stereocenters. The van der Waals surface area contributed by atoms with Gasteiger partial charge in [-0.2, -0.15) is 0 Å². The van der Waals surface area contributed by atoms with Crippen LogP contribution in [0.1, 0.15) is 11.6 Å². The SMILES string of the molecule is O=C(O)N1C(=O)OC[C@@H]1c1cc(F)c(F)c(F)c1. The Kier molecular flexibility index (Phi) is 2.85. The second kappa shape index (κ2) is 4.21. The third kappa shape index (κ3) is 1.85. The van der Waals surface area contributed by atoms with Crippen LogP contribution in [0.25, 0.3) is 0 Å². The summed E-state index contributed by atoms with van der Waals surface area (Å²) in [5.41, 5.74) is -0.195. The first-order valence-corrected chi connectivity index (χ1v) is 4.75. The van der Waals surface area contributed by atoms with Crippen LogP contribution in [0.3, 0.4) is 0 Å². The highest BCUT2D eigenvalue weighted by Gasteiger charge is 2.39. The molecule has 1 aromatic rings. The van der Waals surface area contributed by atoms with Gasteiger partial charge in [-0.15, -0.1) is 0 Å². The molecule has 2 rings (SSSR count). The highest BCUT2D eigenvalue weighted by atomic mass is 19.2. The minimum atomic E-state index is -1.66. The first-order chi connectivity index (χ1) is 8.41. The predicted molar refractivity (Wildman–Crippen MR) is 50.3 cm³/mol. The summed E-state index contributed by atoms with van der Waals surface area (Å²) in [5, 5.41) is 8.77. The predicted octanol–water partition coefficient (Wildman–Crippen LogP) is 2.28. The Hall–Kier alpha value is -2.25. The van der Waals surface area contributed by atoms with Gasteiger partial charge in [-0.25, -0.2) is 27.7 Å². The van der Waals surface area contributed by atoms with Crippen LogP contribution >= 0.6 is 0 Å².